The van der Waals surface area contributed by atoms with Gasteiger partial charge in [-0.05, 0) is 12.8 Å². The van der Waals surface area contributed by atoms with Crippen LogP contribution in [-0.2, 0) is 28.5 Å². The zero-order valence-corrected chi connectivity index (χ0v) is 12.3. The summed E-state index contributed by atoms with van der Waals surface area (Å²) in [6.45, 7) is 1.94. The molecule has 0 amide bonds. The number of carbonyl (C=O) groups excluding carboxylic acids is 1. The molecule has 0 aliphatic carbocycles. The van der Waals surface area contributed by atoms with E-state index in [9.17, 15) is 4.79 Å². The Labute approximate surface area is 114 Å². The average molecular weight is 276 g/mol. The Bertz CT molecular complexity index is 278. The predicted molar refractivity (Wildman–Crippen MR) is 67.4 cm³/mol. The molecule has 1 saturated heterocycles. The van der Waals surface area contributed by atoms with Gasteiger partial charge in [-0.2, -0.15) is 0 Å². The largest absolute Gasteiger partial charge is 0.469 e. The first-order valence-electron chi connectivity index (χ1n) is 6.38. The van der Waals surface area contributed by atoms with Crippen LogP contribution < -0.4 is 0 Å². The lowest BCUT2D eigenvalue weighted by Gasteiger charge is -2.42. The van der Waals surface area contributed by atoms with Gasteiger partial charge in [0.05, 0.1) is 13.2 Å². The van der Waals surface area contributed by atoms with Crippen molar-refractivity contribution in [2.24, 2.45) is 11.8 Å². The molecule has 0 N–H and O–H groups in total. The summed E-state index contributed by atoms with van der Waals surface area (Å²) in [6.07, 6.45) is 0.0675. The highest BCUT2D eigenvalue weighted by Crippen LogP contribution is 2.36. The van der Waals surface area contributed by atoms with Gasteiger partial charge in [0.1, 0.15) is 0 Å². The van der Waals surface area contributed by atoms with E-state index in [2.05, 4.69) is 0 Å². The van der Waals surface area contributed by atoms with Gasteiger partial charge in [0.15, 0.2) is 12.6 Å². The Morgan fingerprint density at radius 3 is 2.37 bits per heavy atom. The third-order valence-corrected chi connectivity index (χ3v) is 3.65. The predicted octanol–water partition coefficient (Wildman–Crippen LogP) is 1.18. The van der Waals surface area contributed by atoms with Crippen LogP contribution in [0.15, 0.2) is 0 Å². The van der Waals surface area contributed by atoms with Crippen molar-refractivity contribution in [3.05, 3.63) is 0 Å². The molecule has 0 bridgehead atoms. The minimum atomic E-state index is -0.414. The number of hydrogen-bond donors (Lipinski definition) is 0. The molecule has 1 rings (SSSR count). The Morgan fingerprint density at radius 2 is 1.89 bits per heavy atom. The van der Waals surface area contributed by atoms with Crippen LogP contribution in [0.5, 0.6) is 0 Å². The summed E-state index contributed by atoms with van der Waals surface area (Å²) in [5.41, 5.74) is 0. The van der Waals surface area contributed by atoms with E-state index in [0.29, 0.717) is 12.8 Å². The van der Waals surface area contributed by atoms with Crippen LogP contribution in [0.25, 0.3) is 0 Å². The van der Waals surface area contributed by atoms with Crippen molar-refractivity contribution in [3.63, 3.8) is 0 Å². The van der Waals surface area contributed by atoms with Crippen LogP contribution in [-0.4, -0.2) is 53.1 Å². The summed E-state index contributed by atoms with van der Waals surface area (Å²) < 4.78 is 26.4. The van der Waals surface area contributed by atoms with E-state index in [4.69, 9.17) is 23.7 Å². The first-order chi connectivity index (χ1) is 9.07. The second-order valence-corrected chi connectivity index (χ2v) is 4.70. The molecule has 0 aromatic heterocycles. The van der Waals surface area contributed by atoms with E-state index in [1.165, 1.54) is 7.11 Å². The maximum atomic E-state index is 11.5. The molecule has 0 saturated carbocycles. The van der Waals surface area contributed by atoms with Gasteiger partial charge in [-0.1, -0.05) is 0 Å². The van der Waals surface area contributed by atoms with Gasteiger partial charge in [-0.25, -0.2) is 0 Å². The zero-order chi connectivity index (χ0) is 14.4. The lowest BCUT2D eigenvalue weighted by atomic mass is 9.80. The maximum absolute atomic E-state index is 11.5. The molecule has 0 unspecified atom stereocenters. The lowest BCUT2D eigenvalue weighted by Crippen LogP contribution is -2.47. The van der Waals surface area contributed by atoms with Crippen molar-refractivity contribution in [1.82, 2.24) is 0 Å². The smallest absolute Gasteiger partial charge is 0.305 e. The monoisotopic (exact) mass is 276 g/mol. The molecule has 1 heterocycles. The van der Waals surface area contributed by atoms with Crippen LogP contribution in [0.3, 0.4) is 0 Å². The fourth-order valence-corrected chi connectivity index (χ4v) is 2.70. The van der Waals surface area contributed by atoms with Gasteiger partial charge >= 0.3 is 5.97 Å². The summed E-state index contributed by atoms with van der Waals surface area (Å²) in [5.74, 6) is -0.253. The number of esters is 1. The highest BCUT2D eigenvalue weighted by molar-refractivity contribution is 5.69. The van der Waals surface area contributed by atoms with Crippen molar-refractivity contribution >= 4 is 5.97 Å². The minimum Gasteiger partial charge on any atom is -0.469 e. The molecule has 4 atom stereocenters. The third kappa shape index (κ3) is 4.14. The van der Waals surface area contributed by atoms with E-state index in [1.807, 2.05) is 6.92 Å². The van der Waals surface area contributed by atoms with Crippen molar-refractivity contribution in [2.75, 3.05) is 28.4 Å². The molecule has 6 nitrogen and oxygen atoms in total. The van der Waals surface area contributed by atoms with Crippen molar-refractivity contribution < 1.29 is 28.5 Å². The fraction of sp³-hybridized carbons (Fsp3) is 0.923. The lowest BCUT2D eigenvalue weighted by molar-refractivity contribution is -0.257. The molecular weight excluding hydrogens is 252 g/mol. The normalized spacial score (nSPS) is 31.5. The molecular formula is C13H24O6. The van der Waals surface area contributed by atoms with Gasteiger partial charge in [-0.3, -0.25) is 4.79 Å². The molecule has 0 aromatic rings. The maximum Gasteiger partial charge on any atom is 0.305 e. The van der Waals surface area contributed by atoms with Crippen LogP contribution in [0.1, 0.15) is 19.8 Å². The van der Waals surface area contributed by atoms with E-state index >= 15 is 0 Å². The van der Waals surface area contributed by atoms with Crippen LogP contribution in [0, 0.1) is 11.8 Å². The quantitative estimate of drug-likeness (QED) is 0.536. The fourth-order valence-electron chi connectivity index (χ4n) is 2.70. The topological polar surface area (TPSA) is 63.2 Å². The summed E-state index contributed by atoms with van der Waals surface area (Å²) in [5, 5.41) is 0. The highest BCUT2D eigenvalue weighted by atomic mass is 16.7. The molecule has 0 aromatic carbocycles. The highest BCUT2D eigenvalue weighted by Gasteiger charge is 2.42. The standard InChI is InChI=1S/C13H24O6/c1-8-12(13(17-4)18-5)9(6-10(14)15-2)7-11(16-3)19-8/h8-9,11-13H,6-7H2,1-5H3/t8-,9-,11+,12-/m0/s1. The molecule has 1 aliphatic heterocycles. The summed E-state index contributed by atoms with van der Waals surface area (Å²) in [7, 11) is 6.14. The van der Waals surface area contributed by atoms with E-state index in [0.717, 1.165) is 0 Å². The first kappa shape index (κ1) is 16.4. The number of methoxy groups -OCH3 is 4. The van der Waals surface area contributed by atoms with Crippen molar-refractivity contribution in [2.45, 2.75) is 38.4 Å². The summed E-state index contributed by atoms with van der Waals surface area (Å²) >= 11 is 0. The van der Waals surface area contributed by atoms with Gasteiger partial charge in [-0.15, -0.1) is 0 Å². The minimum absolute atomic E-state index is 0.0334. The van der Waals surface area contributed by atoms with Crippen molar-refractivity contribution in [3.8, 4) is 0 Å². The number of carbonyl (C=O) groups is 1. The molecule has 0 radical (unpaired) electrons. The summed E-state index contributed by atoms with van der Waals surface area (Å²) in [6, 6.07) is 0. The number of rotatable bonds is 6. The van der Waals surface area contributed by atoms with Gasteiger partial charge in [0.2, 0.25) is 0 Å². The molecule has 19 heavy (non-hydrogen) atoms. The van der Waals surface area contributed by atoms with E-state index in [1.54, 1.807) is 21.3 Å². The van der Waals surface area contributed by atoms with E-state index < -0.39 is 6.29 Å². The van der Waals surface area contributed by atoms with Gasteiger partial charge in [0.25, 0.3) is 0 Å². The number of ether oxygens (including phenoxy) is 5. The van der Waals surface area contributed by atoms with Crippen molar-refractivity contribution in [1.29, 1.82) is 0 Å². The van der Waals surface area contributed by atoms with Gasteiger partial charge in [0, 0.05) is 40.1 Å². The molecule has 1 fully saturated rings. The summed E-state index contributed by atoms with van der Waals surface area (Å²) in [4.78, 5) is 11.5. The van der Waals surface area contributed by atoms with Gasteiger partial charge < -0.3 is 23.7 Å². The number of hydrogen-bond acceptors (Lipinski definition) is 6. The van der Waals surface area contributed by atoms with E-state index in [-0.39, 0.29) is 30.2 Å². The first-order valence-corrected chi connectivity index (χ1v) is 6.38. The van der Waals surface area contributed by atoms with Crippen LogP contribution in [0.2, 0.25) is 0 Å². The zero-order valence-electron chi connectivity index (χ0n) is 12.3. The second-order valence-electron chi connectivity index (χ2n) is 4.70. The van der Waals surface area contributed by atoms with Crippen LogP contribution >= 0.6 is 0 Å². The second kappa shape index (κ2) is 7.79. The third-order valence-electron chi connectivity index (χ3n) is 3.65. The average Bonchev–Trinajstić information content (AvgIpc) is 2.42. The molecule has 0 spiro atoms. The SMILES string of the molecule is COC(=O)C[C@H]1C[C@H](OC)O[C@@H](C)[C@@H]1C(OC)OC. The Balaban J connectivity index is 2.84. The Kier molecular flexibility index (Phi) is 6.71. The van der Waals surface area contributed by atoms with Crippen LogP contribution in [0.4, 0.5) is 0 Å². The Morgan fingerprint density at radius 1 is 1.26 bits per heavy atom. The molecule has 6 heteroatoms. The Hall–Kier alpha value is -0.690. The molecule has 112 valence electrons. The molecule has 1 aliphatic rings.